The number of rotatable bonds is 6. The molecule has 1 unspecified atom stereocenters. The van der Waals surface area contributed by atoms with E-state index in [2.05, 4.69) is 10.4 Å². The van der Waals surface area contributed by atoms with Crippen LogP contribution in [0, 0.1) is 6.92 Å². The van der Waals surface area contributed by atoms with Gasteiger partial charge in [0.05, 0.1) is 18.8 Å². The van der Waals surface area contributed by atoms with Crippen molar-refractivity contribution in [1.82, 2.24) is 15.1 Å². The van der Waals surface area contributed by atoms with E-state index >= 15 is 0 Å². The van der Waals surface area contributed by atoms with Crippen molar-refractivity contribution >= 4 is 23.2 Å². The third-order valence-electron chi connectivity index (χ3n) is 3.33. The van der Waals surface area contributed by atoms with E-state index in [-0.39, 0.29) is 12.6 Å². The van der Waals surface area contributed by atoms with Crippen LogP contribution in [0.5, 0.6) is 0 Å². The molecule has 0 spiro atoms. The summed E-state index contributed by atoms with van der Waals surface area (Å²) in [7, 11) is 0. The minimum Gasteiger partial charge on any atom is -0.395 e. The van der Waals surface area contributed by atoms with Crippen LogP contribution in [0.4, 0.5) is 0 Å². The maximum atomic E-state index is 9.05. The number of aryl methyl sites for hydroxylation is 1. The molecule has 0 radical (unpaired) electrons. The van der Waals surface area contributed by atoms with Crippen molar-refractivity contribution in [3.63, 3.8) is 0 Å². The van der Waals surface area contributed by atoms with Crippen LogP contribution in [0.15, 0.2) is 24.3 Å². The van der Waals surface area contributed by atoms with E-state index in [9.17, 15) is 0 Å². The molecule has 0 saturated heterocycles. The molecule has 0 aliphatic heterocycles. The molecule has 0 amide bonds. The number of nitrogens with zero attached hydrogens (tertiary/aromatic N) is 2. The van der Waals surface area contributed by atoms with Crippen molar-refractivity contribution in [2.75, 3.05) is 6.61 Å². The van der Waals surface area contributed by atoms with Gasteiger partial charge in [0, 0.05) is 23.2 Å². The lowest BCUT2D eigenvalue weighted by atomic mass is 10.2. The second-order valence-corrected chi connectivity index (χ2v) is 5.90. The van der Waals surface area contributed by atoms with Crippen LogP contribution in [-0.4, -0.2) is 27.5 Å². The fourth-order valence-electron chi connectivity index (χ4n) is 2.00. The lowest BCUT2D eigenvalue weighted by molar-refractivity contribution is 0.251. The Hall–Kier alpha value is -1.07. The molecule has 114 valence electrons. The predicted molar refractivity (Wildman–Crippen MR) is 85.9 cm³/mol. The highest BCUT2D eigenvalue weighted by Gasteiger charge is 2.14. The van der Waals surface area contributed by atoms with Gasteiger partial charge in [0.25, 0.3) is 0 Å². The van der Waals surface area contributed by atoms with Gasteiger partial charge in [0.1, 0.15) is 5.15 Å². The van der Waals surface area contributed by atoms with Gasteiger partial charge in [-0.15, -0.1) is 0 Å². The zero-order valence-electron chi connectivity index (χ0n) is 12.1. The lowest BCUT2D eigenvalue weighted by Gasteiger charge is -2.10. The van der Waals surface area contributed by atoms with Crippen LogP contribution in [-0.2, 0) is 13.1 Å². The summed E-state index contributed by atoms with van der Waals surface area (Å²) in [6.45, 7) is 5.14. The third-order valence-corrected chi connectivity index (χ3v) is 4.01. The van der Waals surface area contributed by atoms with Crippen molar-refractivity contribution in [2.45, 2.75) is 33.0 Å². The highest BCUT2D eigenvalue weighted by atomic mass is 35.5. The number of hydrogen-bond donors (Lipinski definition) is 2. The van der Waals surface area contributed by atoms with Gasteiger partial charge in [-0.3, -0.25) is 0 Å². The average molecular weight is 328 g/mol. The first-order valence-corrected chi connectivity index (χ1v) is 7.57. The van der Waals surface area contributed by atoms with Gasteiger partial charge in [0.2, 0.25) is 0 Å². The number of aliphatic hydroxyl groups is 1. The molecule has 6 heteroatoms. The van der Waals surface area contributed by atoms with Gasteiger partial charge in [-0.25, -0.2) is 4.68 Å². The van der Waals surface area contributed by atoms with Crippen LogP contribution < -0.4 is 5.32 Å². The van der Waals surface area contributed by atoms with E-state index in [1.165, 1.54) is 0 Å². The molecule has 2 rings (SSSR count). The highest BCUT2D eigenvalue weighted by molar-refractivity contribution is 6.30. The summed E-state index contributed by atoms with van der Waals surface area (Å²) in [6.07, 6.45) is 0. The number of benzene rings is 1. The Balaban J connectivity index is 2.12. The Morgan fingerprint density at radius 3 is 2.57 bits per heavy atom. The quantitative estimate of drug-likeness (QED) is 0.857. The lowest BCUT2D eigenvalue weighted by Crippen LogP contribution is -2.28. The number of nitrogens with one attached hydrogen (secondary N) is 1. The molecule has 1 atom stereocenters. The third kappa shape index (κ3) is 4.20. The molecule has 1 heterocycles. The SMILES string of the molecule is Cc1nn(Cc2ccc(Cl)cc2)c(Cl)c1CNC(C)CO. The summed E-state index contributed by atoms with van der Waals surface area (Å²) in [5.74, 6) is 0. The van der Waals surface area contributed by atoms with Crippen LogP contribution in [0.1, 0.15) is 23.7 Å². The minimum atomic E-state index is 0.0279. The average Bonchev–Trinajstić information content (AvgIpc) is 2.73. The molecule has 21 heavy (non-hydrogen) atoms. The van der Waals surface area contributed by atoms with Gasteiger partial charge < -0.3 is 10.4 Å². The monoisotopic (exact) mass is 327 g/mol. The topological polar surface area (TPSA) is 50.1 Å². The molecule has 0 aliphatic carbocycles. The first kappa shape index (κ1) is 16.3. The molecule has 0 aliphatic rings. The first-order valence-electron chi connectivity index (χ1n) is 6.81. The van der Waals surface area contributed by atoms with Crippen LogP contribution in [0.25, 0.3) is 0 Å². The fraction of sp³-hybridized carbons (Fsp3) is 0.400. The van der Waals surface area contributed by atoms with E-state index in [0.717, 1.165) is 16.8 Å². The fourth-order valence-corrected chi connectivity index (χ4v) is 2.43. The van der Waals surface area contributed by atoms with Crippen molar-refractivity contribution in [3.05, 3.63) is 51.3 Å². The van der Waals surface area contributed by atoms with E-state index in [4.69, 9.17) is 28.3 Å². The first-order chi connectivity index (χ1) is 10.0. The molecule has 2 N–H and O–H groups in total. The van der Waals surface area contributed by atoms with Crippen LogP contribution >= 0.6 is 23.2 Å². The summed E-state index contributed by atoms with van der Waals surface area (Å²) < 4.78 is 1.78. The highest BCUT2D eigenvalue weighted by Crippen LogP contribution is 2.21. The second kappa shape index (κ2) is 7.27. The van der Waals surface area contributed by atoms with E-state index in [1.807, 2.05) is 38.1 Å². The molecule has 1 aromatic carbocycles. The summed E-state index contributed by atoms with van der Waals surface area (Å²) in [5, 5.41) is 18.1. The normalized spacial score (nSPS) is 12.6. The van der Waals surface area contributed by atoms with Crippen molar-refractivity contribution < 1.29 is 5.11 Å². The Morgan fingerprint density at radius 1 is 1.29 bits per heavy atom. The van der Waals surface area contributed by atoms with Gasteiger partial charge in [-0.1, -0.05) is 35.3 Å². The van der Waals surface area contributed by atoms with Crippen molar-refractivity contribution in [3.8, 4) is 0 Å². The van der Waals surface area contributed by atoms with Gasteiger partial charge in [-0.05, 0) is 31.5 Å². The molecule has 4 nitrogen and oxygen atoms in total. The van der Waals surface area contributed by atoms with E-state index in [1.54, 1.807) is 4.68 Å². The van der Waals surface area contributed by atoms with Crippen LogP contribution in [0.3, 0.4) is 0 Å². The maximum Gasteiger partial charge on any atom is 0.132 e. The molecule has 0 bridgehead atoms. The molecule has 1 aromatic heterocycles. The van der Waals surface area contributed by atoms with Gasteiger partial charge in [-0.2, -0.15) is 5.10 Å². The van der Waals surface area contributed by atoms with Crippen molar-refractivity contribution in [2.24, 2.45) is 0 Å². The second-order valence-electron chi connectivity index (χ2n) is 5.10. The summed E-state index contributed by atoms with van der Waals surface area (Å²) in [4.78, 5) is 0. The Labute approximate surface area is 134 Å². The molecular weight excluding hydrogens is 309 g/mol. The van der Waals surface area contributed by atoms with E-state index in [0.29, 0.717) is 23.3 Å². The van der Waals surface area contributed by atoms with Crippen LogP contribution in [0.2, 0.25) is 10.2 Å². The summed E-state index contributed by atoms with van der Waals surface area (Å²) in [6, 6.07) is 7.65. The standard InChI is InChI=1S/C15H19Cl2N3O/c1-10(9-21)18-7-14-11(2)19-20(15(14)17)8-12-3-5-13(16)6-4-12/h3-6,10,18,21H,7-9H2,1-2H3. The predicted octanol–water partition coefficient (Wildman–Crippen LogP) is 3.02. The number of halogens is 2. The van der Waals surface area contributed by atoms with E-state index < -0.39 is 0 Å². The summed E-state index contributed by atoms with van der Waals surface area (Å²) >= 11 is 12.3. The van der Waals surface area contributed by atoms with Crippen molar-refractivity contribution in [1.29, 1.82) is 0 Å². The van der Waals surface area contributed by atoms with Gasteiger partial charge >= 0.3 is 0 Å². The minimum absolute atomic E-state index is 0.0279. The smallest absolute Gasteiger partial charge is 0.132 e. The molecule has 0 fully saturated rings. The Bertz CT molecular complexity index is 596. The zero-order valence-corrected chi connectivity index (χ0v) is 13.6. The number of hydrogen-bond acceptors (Lipinski definition) is 3. The Kier molecular flexibility index (Phi) is 5.65. The largest absolute Gasteiger partial charge is 0.395 e. The molecular formula is C15H19Cl2N3O. The summed E-state index contributed by atoms with van der Waals surface area (Å²) in [5.41, 5.74) is 2.95. The zero-order chi connectivity index (χ0) is 15.4. The number of aliphatic hydroxyl groups excluding tert-OH is 1. The Morgan fingerprint density at radius 2 is 1.95 bits per heavy atom. The maximum absolute atomic E-state index is 9.05. The number of aromatic nitrogens is 2. The molecule has 0 saturated carbocycles. The van der Waals surface area contributed by atoms with Gasteiger partial charge in [0.15, 0.2) is 0 Å². The molecule has 2 aromatic rings.